The van der Waals surface area contributed by atoms with Gasteiger partial charge in [0.25, 0.3) is 0 Å². The van der Waals surface area contributed by atoms with Gasteiger partial charge in [-0.05, 0) is 36.0 Å². The van der Waals surface area contributed by atoms with Crippen LogP contribution in [-0.2, 0) is 15.8 Å². The van der Waals surface area contributed by atoms with Crippen molar-refractivity contribution < 1.29 is 8.42 Å². The number of anilines is 1. The molecular formula is C20H28N2O2S3. The zero-order chi connectivity index (χ0) is 19.7. The Morgan fingerprint density at radius 2 is 1.85 bits per heavy atom. The third-order valence-electron chi connectivity index (χ3n) is 5.15. The van der Waals surface area contributed by atoms with Crippen molar-refractivity contribution in [3.05, 3.63) is 41.3 Å². The molecule has 0 atom stereocenters. The predicted molar refractivity (Wildman–Crippen MR) is 116 cm³/mol. The van der Waals surface area contributed by atoms with Gasteiger partial charge in [0, 0.05) is 44.0 Å². The van der Waals surface area contributed by atoms with Crippen LogP contribution in [0.4, 0.5) is 5.69 Å². The molecule has 0 saturated carbocycles. The molecule has 4 nitrogen and oxygen atoms in total. The molecule has 0 N–H and O–H groups in total. The molecular weight excluding hydrogens is 396 g/mol. The topological polar surface area (TPSA) is 40.6 Å². The molecule has 0 amide bonds. The fourth-order valence-corrected chi connectivity index (χ4v) is 6.47. The second kappa shape index (κ2) is 8.15. The molecule has 1 aromatic carbocycles. The van der Waals surface area contributed by atoms with E-state index in [0.717, 1.165) is 23.1 Å². The van der Waals surface area contributed by atoms with Crippen LogP contribution in [0.5, 0.6) is 0 Å². The van der Waals surface area contributed by atoms with Crippen molar-refractivity contribution in [2.24, 2.45) is 5.41 Å². The number of benzene rings is 1. The third kappa shape index (κ3) is 4.88. The number of thioether (sulfide) groups is 1. The zero-order valence-electron chi connectivity index (χ0n) is 16.4. The van der Waals surface area contributed by atoms with Crippen molar-refractivity contribution in [3.8, 4) is 0 Å². The largest absolute Gasteiger partial charge is 0.371 e. The standard InChI is InChI=1S/C20H28N2O2S3/c1-20(2)9-11-22(12-10-20)18-8-6-5-7-16(18)14-25-19-13-17(15-26-19)27(23,24)21(3)4/h5-8,13,15H,9-12,14H2,1-4H3. The summed E-state index contributed by atoms with van der Waals surface area (Å²) in [6, 6.07) is 10.4. The smallest absolute Gasteiger partial charge is 0.243 e. The highest BCUT2D eigenvalue weighted by Gasteiger charge is 2.26. The summed E-state index contributed by atoms with van der Waals surface area (Å²) >= 11 is 3.21. The number of rotatable bonds is 6. The number of para-hydroxylation sites is 1. The average molecular weight is 425 g/mol. The van der Waals surface area contributed by atoms with E-state index in [2.05, 4.69) is 43.0 Å². The molecule has 3 rings (SSSR count). The minimum absolute atomic E-state index is 0.381. The lowest BCUT2D eigenvalue weighted by molar-refractivity contribution is 0.279. The van der Waals surface area contributed by atoms with E-state index < -0.39 is 10.0 Å². The minimum atomic E-state index is -3.35. The lowest BCUT2D eigenvalue weighted by Crippen LogP contribution is -2.37. The molecule has 148 valence electrons. The molecule has 1 saturated heterocycles. The van der Waals surface area contributed by atoms with Crippen LogP contribution in [-0.4, -0.2) is 39.9 Å². The maximum atomic E-state index is 12.2. The van der Waals surface area contributed by atoms with Crippen LogP contribution < -0.4 is 4.90 Å². The van der Waals surface area contributed by atoms with E-state index in [-0.39, 0.29) is 0 Å². The average Bonchev–Trinajstić information content (AvgIpc) is 3.10. The van der Waals surface area contributed by atoms with Crippen LogP contribution >= 0.6 is 23.1 Å². The van der Waals surface area contributed by atoms with E-state index in [1.165, 1.54) is 39.7 Å². The summed E-state index contributed by atoms with van der Waals surface area (Å²) in [6.45, 7) is 6.89. The van der Waals surface area contributed by atoms with E-state index >= 15 is 0 Å². The molecule has 27 heavy (non-hydrogen) atoms. The number of nitrogens with zero attached hydrogens (tertiary/aromatic N) is 2. The van der Waals surface area contributed by atoms with Crippen molar-refractivity contribution in [3.63, 3.8) is 0 Å². The summed E-state index contributed by atoms with van der Waals surface area (Å²) < 4.78 is 26.8. The lowest BCUT2D eigenvalue weighted by Gasteiger charge is -2.39. The fraction of sp³-hybridized carbons (Fsp3) is 0.500. The first-order valence-corrected chi connectivity index (χ1v) is 12.5. The van der Waals surface area contributed by atoms with E-state index in [4.69, 9.17) is 0 Å². The van der Waals surface area contributed by atoms with Gasteiger partial charge < -0.3 is 4.90 Å². The van der Waals surface area contributed by atoms with E-state index in [1.54, 1.807) is 37.3 Å². The molecule has 2 heterocycles. The normalized spacial score (nSPS) is 17.4. The highest BCUT2D eigenvalue weighted by Crippen LogP contribution is 2.37. The summed E-state index contributed by atoms with van der Waals surface area (Å²) in [4.78, 5) is 2.88. The SMILES string of the molecule is CN(C)S(=O)(=O)c1csc(SCc2ccccc2N2CCC(C)(C)CC2)c1. The van der Waals surface area contributed by atoms with Gasteiger partial charge in [-0.1, -0.05) is 32.0 Å². The summed E-state index contributed by atoms with van der Waals surface area (Å²) in [6.07, 6.45) is 2.43. The van der Waals surface area contributed by atoms with Gasteiger partial charge in [-0.25, -0.2) is 12.7 Å². The zero-order valence-corrected chi connectivity index (χ0v) is 18.9. The van der Waals surface area contributed by atoms with Gasteiger partial charge in [-0.2, -0.15) is 0 Å². The van der Waals surface area contributed by atoms with Gasteiger partial charge in [0.1, 0.15) is 0 Å². The number of piperidine rings is 1. The monoisotopic (exact) mass is 424 g/mol. The van der Waals surface area contributed by atoms with Gasteiger partial charge in [0.05, 0.1) is 9.10 Å². The second-order valence-electron chi connectivity index (χ2n) is 7.96. The minimum Gasteiger partial charge on any atom is -0.371 e. The molecule has 1 aromatic heterocycles. The Morgan fingerprint density at radius 3 is 2.52 bits per heavy atom. The number of thiophene rings is 1. The van der Waals surface area contributed by atoms with Crippen LogP contribution in [0.2, 0.25) is 0 Å². The lowest BCUT2D eigenvalue weighted by atomic mass is 9.82. The summed E-state index contributed by atoms with van der Waals surface area (Å²) in [5, 5.41) is 1.73. The Morgan fingerprint density at radius 1 is 1.19 bits per heavy atom. The number of hydrogen-bond donors (Lipinski definition) is 0. The van der Waals surface area contributed by atoms with Crippen molar-refractivity contribution in [2.75, 3.05) is 32.1 Å². The number of hydrogen-bond acceptors (Lipinski definition) is 5. The van der Waals surface area contributed by atoms with E-state index in [0.29, 0.717) is 10.3 Å². The third-order valence-corrected chi connectivity index (χ3v) is 9.31. The highest BCUT2D eigenvalue weighted by atomic mass is 32.2. The Labute approximate surface area is 171 Å². The Bertz CT molecular complexity index is 878. The summed E-state index contributed by atoms with van der Waals surface area (Å²) in [5.41, 5.74) is 3.07. The Hall–Kier alpha value is -1.02. The predicted octanol–water partition coefficient (Wildman–Crippen LogP) is 4.92. The van der Waals surface area contributed by atoms with Gasteiger partial charge >= 0.3 is 0 Å². The van der Waals surface area contributed by atoms with Crippen molar-refractivity contribution in [1.29, 1.82) is 0 Å². The van der Waals surface area contributed by atoms with Crippen LogP contribution in [0.3, 0.4) is 0 Å². The van der Waals surface area contributed by atoms with E-state index in [9.17, 15) is 8.42 Å². The fourth-order valence-electron chi connectivity index (χ4n) is 3.17. The Balaban J connectivity index is 1.70. The summed E-state index contributed by atoms with van der Waals surface area (Å²) in [5.74, 6) is 0.845. The molecule has 0 bridgehead atoms. The van der Waals surface area contributed by atoms with Gasteiger partial charge in [-0.3, -0.25) is 0 Å². The molecule has 7 heteroatoms. The van der Waals surface area contributed by atoms with Gasteiger partial charge in [0.15, 0.2) is 0 Å². The Kier molecular flexibility index (Phi) is 6.25. The highest BCUT2D eigenvalue weighted by molar-refractivity contribution is 8.00. The first kappa shape index (κ1) is 20.7. The second-order valence-corrected chi connectivity index (χ2v) is 12.3. The quantitative estimate of drug-likeness (QED) is 0.617. The van der Waals surface area contributed by atoms with Gasteiger partial charge in [-0.15, -0.1) is 23.1 Å². The molecule has 2 aromatic rings. The van der Waals surface area contributed by atoms with Crippen LogP contribution in [0.15, 0.2) is 44.8 Å². The first-order chi connectivity index (χ1) is 12.7. The molecule has 1 aliphatic rings. The van der Waals surface area contributed by atoms with Gasteiger partial charge in [0.2, 0.25) is 10.0 Å². The van der Waals surface area contributed by atoms with Crippen molar-refractivity contribution in [2.45, 2.75) is 41.5 Å². The molecule has 0 unspecified atom stereocenters. The number of sulfonamides is 1. The van der Waals surface area contributed by atoms with Crippen molar-refractivity contribution in [1.82, 2.24) is 4.31 Å². The molecule has 1 aliphatic heterocycles. The maximum absolute atomic E-state index is 12.2. The molecule has 0 radical (unpaired) electrons. The molecule has 0 aliphatic carbocycles. The van der Waals surface area contributed by atoms with Crippen LogP contribution in [0.1, 0.15) is 32.3 Å². The molecule has 1 fully saturated rings. The van der Waals surface area contributed by atoms with Crippen LogP contribution in [0, 0.1) is 5.41 Å². The first-order valence-electron chi connectivity index (χ1n) is 9.16. The molecule has 0 spiro atoms. The van der Waals surface area contributed by atoms with Crippen molar-refractivity contribution >= 4 is 38.8 Å². The maximum Gasteiger partial charge on any atom is 0.243 e. The van der Waals surface area contributed by atoms with E-state index in [1.807, 2.05) is 0 Å². The van der Waals surface area contributed by atoms with Crippen LogP contribution in [0.25, 0.3) is 0 Å². The summed E-state index contributed by atoms with van der Waals surface area (Å²) in [7, 11) is -0.222.